The summed E-state index contributed by atoms with van der Waals surface area (Å²) in [6.07, 6.45) is 0. The number of amides is 1. The summed E-state index contributed by atoms with van der Waals surface area (Å²) >= 11 is 0. The summed E-state index contributed by atoms with van der Waals surface area (Å²) in [6.45, 7) is 5.99. The van der Waals surface area contributed by atoms with Gasteiger partial charge < -0.3 is 14.5 Å². The Bertz CT molecular complexity index is 1250. The number of aryl methyl sites for hydroxylation is 2. The van der Waals surface area contributed by atoms with Crippen molar-refractivity contribution in [3.8, 4) is 5.75 Å². The van der Waals surface area contributed by atoms with E-state index in [1.54, 1.807) is 42.3 Å². The average Bonchev–Trinajstić information content (AvgIpc) is 2.87. The van der Waals surface area contributed by atoms with Crippen LogP contribution in [-0.4, -0.2) is 59.1 Å². The Kier molecular flexibility index (Phi) is 7.31. The summed E-state index contributed by atoms with van der Waals surface area (Å²) in [5.74, 6) is 0.590. The maximum absolute atomic E-state index is 13.6. The van der Waals surface area contributed by atoms with E-state index >= 15 is 0 Å². The lowest BCUT2D eigenvalue weighted by Crippen LogP contribution is -2.52. The van der Waals surface area contributed by atoms with E-state index in [4.69, 9.17) is 4.74 Å². The zero-order chi connectivity index (χ0) is 25.0. The second kappa shape index (κ2) is 10.4. The van der Waals surface area contributed by atoms with Crippen molar-refractivity contribution in [2.24, 2.45) is 0 Å². The number of nitrogens with zero attached hydrogens (tertiary/aromatic N) is 3. The molecule has 0 spiro atoms. The molecule has 7 nitrogen and oxygen atoms in total. The quantitative estimate of drug-likeness (QED) is 0.500. The molecule has 3 aromatic carbocycles. The molecule has 8 heteroatoms. The standard InChI is InChI=1S/C27H31N3O4S/c1-21-17-22(2)19-24(18-21)30(35(32,33)26-7-5-4-6-8-26)20-27(31)29-15-13-28(14-16-29)23-9-11-25(34-3)12-10-23/h4-12,17-19H,13-16,20H2,1-3H3. The van der Waals surface area contributed by atoms with Crippen molar-refractivity contribution in [1.29, 1.82) is 0 Å². The summed E-state index contributed by atoms with van der Waals surface area (Å²) < 4.78 is 33.7. The molecule has 0 bridgehead atoms. The first-order valence-corrected chi connectivity index (χ1v) is 13.0. The van der Waals surface area contributed by atoms with E-state index in [1.165, 1.54) is 4.31 Å². The lowest BCUT2D eigenvalue weighted by atomic mass is 10.1. The molecule has 0 aliphatic carbocycles. The molecule has 1 amide bonds. The van der Waals surface area contributed by atoms with E-state index in [0.717, 1.165) is 22.6 Å². The lowest BCUT2D eigenvalue weighted by Gasteiger charge is -2.37. The Labute approximate surface area is 207 Å². The van der Waals surface area contributed by atoms with Crippen LogP contribution in [0.2, 0.25) is 0 Å². The first-order valence-electron chi connectivity index (χ1n) is 11.6. The predicted molar refractivity (Wildman–Crippen MR) is 139 cm³/mol. The highest BCUT2D eigenvalue weighted by molar-refractivity contribution is 7.92. The van der Waals surface area contributed by atoms with Crippen molar-refractivity contribution in [2.45, 2.75) is 18.7 Å². The third-order valence-corrected chi connectivity index (χ3v) is 7.96. The number of ether oxygens (including phenoxy) is 1. The van der Waals surface area contributed by atoms with Crippen LogP contribution < -0.4 is 13.9 Å². The summed E-state index contributed by atoms with van der Waals surface area (Å²) in [7, 11) is -2.28. The molecular weight excluding hydrogens is 462 g/mol. The predicted octanol–water partition coefficient (Wildman–Crippen LogP) is 3.86. The summed E-state index contributed by atoms with van der Waals surface area (Å²) in [5.41, 5.74) is 3.45. The van der Waals surface area contributed by atoms with E-state index in [-0.39, 0.29) is 17.3 Å². The van der Waals surface area contributed by atoms with Gasteiger partial charge in [-0.2, -0.15) is 0 Å². The molecule has 0 N–H and O–H groups in total. The molecule has 1 fully saturated rings. The Morgan fingerprint density at radius 1 is 0.886 bits per heavy atom. The van der Waals surface area contributed by atoms with E-state index in [9.17, 15) is 13.2 Å². The highest BCUT2D eigenvalue weighted by atomic mass is 32.2. The fourth-order valence-corrected chi connectivity index (χ4v) is 5.78. The van der Waals surface area contributed by atoms with Gasteiger partial charge in [0.05, 0.1) is 17.7 Å². The molecule has 4 rings (SSSR count). The van der Waals surface area contributed by atoms with Crippen LogP contribution >= 0.6 is 0 Å². The van der Waals surface area contributed by atoms with Crippen molar-refractivity contribution in [1.82, 2.24) is 4.90 Å². The molecule has 0 unspecified atom stereocenters. The second-order valence-corrected chi connectivity index (χ2v) is 10.6. The Balaban J connectivity index is 1.53. The van der Waals surface area contributed by atoms with E-state index in [1.807, 2.05) is 56.3 Å². The monoisotopic (exact) mass is 493 g/mol. The van der Waals surface area contributed by atoms with E-state index < -0.39 is 10.0 Å². The lowest BCUT2D eigenvalue weighted by molar-refractivity contribution is -0.129. The Morgan fingerprint density at radius 3 is 2.06 bits per heavy atom. The third-order valence-electron chi connectivity index (χ3n) is 6.17. The van der Waals surface area contributed by atoms with Gasteiger partial charge in [-0.25, -0.2) is 8.42 Å². The van der Waals surface area contributed by atoms with Gasteiger partial charge in [-0.1, -0.05) is 24.3 Å². The summed E-state index contributed by atoms with van der Waals surface area (Å²) in [5, 5.41) is 0. The molecule has 0 radical (unpaired) electrons. The van der Waals surface area contributed by atoms with Crippen molar-refractivity contribution >= 4 is 27.3 Å². The molecule has 1 aliphatic heterocycles. The molecule has 1 saturated heterocycles. The van der Waals surface area contributed by atoms with Crippen molar-refractivity contribution in [2.75, 3.05) is 49.0 Å². The molecule has 184 valence electrons. The number of carbonyl (C=O) groups is 1. The molecular formula is C27H31N3O4S. The zero-order valence-electron chi connectivity index (χ0n) is 20.3. The highest BCUT2D eigenvalue weighted by Gasteiger charge is 2.30. The van der Waals surface area contributed by atoms with Crippen molar-refractivity contribution < 1.29 is 17.9 Å². The van der Waals surface area contributed by atoms with Crippen LogP contribution in [-0.2, 0) is 14.8 Å². The van der Waals surface area contributed by atoms with Crippen LogP contribution in [0.3, 0.4) is 0 Å². The number of hydrogen-bond acceptors (Lipinski definition) is 5. The van der Waals surface area contributed by atoms with Crippen LogP contribution in [0, 0.1) is 13.8 Å². The van der Waals surface area contributed by atoms with Gasteiger partial charge in [-0.3, -0.25) is 9.10 Å². The normalized spacial score (nSPS) is 14.0. The summed E-state index contributed by atoms with van der Waals surface area (Å²) in [6, 6.07) is 21.7. The minimum atomic E-state index is -3.92. The maximum Gasteiger partial charge on any atom is 0.264 e. The number of carbonyl (C=O) groups excluding carboxylic acids is 1. The first kappa shape index (κ1) is 24.6. The van der Waals surface area contributed by atoms with E-state index in [2.05, 4.69) is 4.90 Å². The topological polar surface area (TPSA) is 70.2 Å². The molecule has 3 aromatic rings. The van der Waals surface area contributed by atoms with Gasteiger partial charge in [0.25, 0.3) is 10.0 Å². The fraction of sp³-hybridized carbons (Fsp3) is 0.296. The second-order valence-electron chi connectivity index (χ2n) is 8.74. The van der Waals surface area contributed by atoms with Gasteiger partial charge in [-0.15, -0.1) is 0 Å². The van der Waals surface area contributed by atoms with Crippen molar-refractivity contribution in [3.63, 3.8) is 0 Å². The summed E-state index contributed by atoms with van der Waals surface area (Å²) in [4.78, 5) is 17.5. The number of rotatable bonds is 7. The molecule has 0 atom stereocenters. The smallest absolute Gasteiger partial charge is 0.264 e. The van der Waals surface area contributed by atoms with Crippen LogP contribution in [0.4, 0.5) is 11.4 Å². The molecule has 1 aliphatic rings. The number of methoxy groups -OCH3 is 1. The van der Waals surface area contributed by atoms with Gasteiger partial charge in [0.15, 0.2) is 0 Å². The Morgan fingerprint density at radius 2 is 1.49 bits per heavy atom. The van der Waals surface area contributed by atoms with E-state index in [0.29, 0.717) is 31.9 Å². The Hall–Kier alpha value is -3.52. The van der Waals surface area contributed by atoms with Gasteiger partial charge in [0.1, 0.15) is 12.3 Å². The number of sulfonamides is 1. The van der Waals surface area contributed by atoms with Crippen LogP contribution in [0.25, 0.3) is 0 Å². The minimum absolute atomic E-state index is 0.163. The third kappa shape index (κ3) is 5.59. The zero-order valence-corrected chi connectivity index (χ0v) is 21.2. The van der Waals surface area contributed by atoms with Gasteiger partial charge in [0.2, 0.25) is 5.91 Å². The van der Waals surface area contributed by atoms with Crippen LogP contribution in [0.1, 0.15) is 11.1 Å². The number of benzene rings is 3. The molecule has 0 aromatic heterocycles. The number of anilines is 2. The first-order chi connectivity index (χ1) is 16.8. The van der Waals surface area contributed by atoms with Crippen molar-refractivity contribution in [3.05, 3.63) is 83.9 Å². The molecule has 0 saturated carbocycles. The van der Waals surface area contributed by atoms with Crippen LogP contribution in [0.5, 0.6) is 5.75 Å². The fourth-order valence-electron chi connectivity index (χ4n) is 4.36. The highest BCUT2D eigenvalue weighted by Crippen LogP contribution is 2.26. The minimum Gasteiger partial charge on any atom is -0.497 e. The largest absolute Gasteiger partial charge is 0.497 e. The van der Waals surface area contributed by atoms with Crippen LogP contribution in [0.15, 0.2) is 77.7 Å². The van der Waals surface area contributed by atoms with Gasteiger partial charge in [-0.05, 0) is 73.5 Å². The molecule has 35 heavy (non-hydrogen) atoms. The average molecular weight is 494 g/mol. The van der Waals surface area contributed by atoms with Gasteiger partial charge in [0, 0.05) is 31.9 Å². The SMILES string of the molecule is COc1ccc(N2CCN(C(=O)CN(c3cc(C)cc(C)c3)S(=O)(=O)c3ccccc3)CC2)cc1. The van der Waals surface area contributed by atoms with Gasteiger partial charge >= 0.3 is 0 Å². The molecule has 1 heterocycles. The maximum atomic E-state index is 13.6. The number of hydrogen-bond donors (Lipinski definition) is 0. The number of piperazine rings is 1.